The molecule has 5 nitrogen and oxygen atoms in total. The first-order chi connectivity index (χ1) is 14.5. The Labute approximate surface area is 192 Å². The number of hydrogen-bond acceptors (Lipinski definition) is 4. The highest BCUT2D eigenvalue weighted by Gasteiger charge is 2.14. The van der Waals surface area contributed by atoms with Gasteiger partial charge in [-0.3, -0.25) is 4.40 Å². The molecule has 2 heterocycles. The maximum Gasteiger partial charge on any atom is 0.165 e. The Kier molecular flexibility index (Phi) is 5.92. The van der Waals surface area contributed by atoms with E-state index in [1.54, 1.807) is 7.11 Å². The van der Waals surface area contributed by atoms with Crippen molar-refractivity contribution in [3.63, 3.8) is 0 Å². The number of halogens is 2. The van der Waals surface area contributed by atoms with Gasteiger partial charge in [-0.15, -0.1) is 0 Å². The molecule has 0 spiro atoms. The minimum atomic E-state index is 0.729. The summed E-state index contributed by atoms with van der Waals surface area (Å²) in [5, 5.41) is 0. The summed E-state index contributed by atoms with van der Waals surface area (Å²) in [6, 6.07) is 18.2. The maximum atomic E-state index is 5.55. The van der Waals surface area contributed by atoms with E-state index in [1.807, 2.05) is 61.2 Å². The molecule has 2 aromatic carbocycles. The van der Waals surface area contributed by atoms with Gasteiger partial charge in [0, 0.05) is 47.8 Å². The molecular formula is C23H20Br2N4O. The van der Waals surface area contributed by atoms with Crippen LogP contribution in [0, 0.1) is 0 Å². The van der Waals surface area contributed by atoms with Gasteiger partial charge < -0.3 is 9.64 Å². The first kappa shape index (κ1) is 20.6. The number of imidazole rings is 1. The molecule has 0 fully saturated rings. The molecule has 0 radical (unpaired) electrons. The number of pyridine rings is 1. The van der Waals surface area contributed by atoms with Crippen LogP contribution in [-0.2, 0) is 0 Å². The quantitative estimate of drug-likeness (QED) is 0.284. The molecule has 0 unspecified atom stereocenters. The molecule has 0 amide bonds. The first-order valence-electron chi connectivity index (χ1n) is 9.30. The van der Waals surface area contributed by atoms with Crippen LogP contribution in [0.5, 0.6) is 5.75 Å². The minimum Gasteiger partial charge on any atom is -0.495 e. The van der Waals surface area contributed by atoms with Crippen LogP contribution in [0.4, 0.5) is 11.5 Å². The SMILES string of the molecule is COc1c(Br)cc(Br)cc1/C=N/c1c(-c2ccc(N(C)C)cc2)nc2ccccn12. The average Bonchev–Trinajstić information content (AvgIpc) is 3.10. The van der Waals surface area contributed by atoms with Crippen LogP contribution < -0.4 is 9.64 Å². The van der Waals surface area contributed by atoms with Crippen molar-refractivity contribution in [1.29, 1.82) is 0 Å². The lowest BCUT2D eigenvalue weighted by atomic mass is 10.1. The van der Waals surface area contributed by atoms with E-state index in [9.17, 15) is 0 Å². The topological polar surface area (TPSA) is 42.1 Å². The monoisotopic (exact) mass is 526 g/mol. The number of ether oxygens (including phenoxy) is 1. The number of fused-ring (bicyclic) bond motifs is 1. The molecule has 0 aliphatic rings. The van der Waals surface area contributed by atoms with Crippen molar-refractivity contribution in [2.45, 2.75) is 0 Å². The van der Waals surface area contributed by atoms with Gasteiger partial charge in [-0.2, -0.15) is 0 Å². The van der Waals surface area contributed by atoms with Crippen LogP contribution in [0.3, 0.4) is 0 Å². The minimum absolute atomic E-state index is 0.729. The molecule has 0 aliphatic heterocycles. The predicted molar refractivity (Wildman–Crippen MR) is 131 cm³/mol. The maximum absolute atomic E-state index is 5.55. The van der Waals surface area contributed by atoms with Crippen LogP contribution in [0.15, 0.2) is 74.7 Å². The summed E-state index contributed by atoms with van der Waals surface area (Å²) in [6.07, 6.45) is 3.78. The Balaban J connectivity index is 1.85. The third kappa shape index (κ3) is 4.00. The summed E-state index contributed by atoms with van der Waals surface area (Å²) in [4.78, 5) is 11.7. The number of hydrogen-bond donors (Lipinski definition) is 0. The Morgan fingerprint density at radius 2 is 1.83 bits per heavy atom. The Morgan fingerprint density at radius 3 is 2.53 bits per heavy atom. The summed E-state index contributed by atoms with van der Waals surface area (Å²) in [6.45, 7) is 0. The van der Waals surface area contributed by atoms with Gasteiger partial charge in [0.2, 0.25) is 0 Å². The van der Waals surface area contributed by atoms with Crippen molar-refractivity contribution in [2.24, 2.45) is 4.99 Å². The van der Waals surface area contributed by atoms with Gasteiger partial charge in [0.15, 0.2) is 5.82 Å². The zero-order valence-corrected chi connectivity index (χ0v) is 20.0. The third-order valence-electron chi connectivity index (χ3n) is 4.73. The second kappa shape index (κ2) is 8.62. The van der Waals surface area contributed by atoms with E-state index in [0.29, 0.717) is 0 Å². The summed E-state index contributed by atoms with van der Waals surface area (Å²) >= 11 is 7.08. The highest BCUT2D eigenvalue weighted by Crippen LogP contribution is 2.34. The smallest absolute Gasteiger partial charge is 0.165 e. The molecule has 0 aliphatic carbocycles. The number of aromatic nitrogens is 2. The highest BCUT2D eigenvalue weighted by atomic mass is 79.9. The van der Waals surface area contributed by atoms with Gasteiger partial charge in [0.1, 0.15) is 17.1 Å². The van der Waals surface area contributed by atoms with E-state index in [0.717, 1.165) is 48.7 Å². The number of rotatable bonds is 5. The molecule has 0 N–H and O–H groups in total. The molecule has 2 aromatic heterocycles. The van der Waals surface area contributed by atoms with Gasteiger partial charge in [0.05, 0.1) is 11.6 Å². The van der Waals surface area contributed by atoms with E-state index in [2.05, 4.69) is 61.0 Å². The summed E-state index contributed by atoms with van der Waals surface area (Å²) in [5.41, 5.74) is 4.68. The molecule has 0 atom stereocenters. The standard InChI is InChI=1S/C23H20Br2N4O/c1-28(2)18-9-7-15(8-10-18)21-23(29-11-5-4-6-20(29)27-21)26-14-16-12-17(24)13-19(25)22(16)30-3/h4-14H,1-3H3/b26-14+. The Bertz CT molecular complexity index is 1230. The van der Waals surface area contributed by atoms with Gasteiger partial charge in [-0.1, -0.05) is 34.1 Å². The zero-order valence-electron chi connectivity index (χ0n) is 16.8. The van der Waals surface area contributed by atoms with Crippen molar-refractivity contribution in [1.82, 2.24) is 9.38 Å². The number of aliphatic imine (C=N–C) groups is 1. The van der Waals surface area contributed by atoms with Crippen LogP contribution in [0.25, 0.3) is 16.9 Å². The molecule has 0 bridgehead atoms. The number of methoxy groups -OCH3 is 1. The number of benzene rings is 2. The molecular weight excluding hydrogens is 508 g/mol. The van der Waals surface area contributed by atoms with E-state index >= 15 is 0 Å². The van der Waals surface area contributed by atoms with Crippen molar-refractivity contribution in [2.75, 3.05) is 26.1 Å². The Hall–Kier alpha value is -2.64. The van der Waals surface area contributed by atoms with Gasteiger partial charge in [-0.25, -0.2) is 9.98 Å². The average molecular weight is 528 g/mol. The molecule has 30 heavy (non-hydrogen) atoms. The molecule has 0 saturated heterocycles. The number of anilines is 1. The first-order valence-corrected chi connectivity index (χ1v) is 10.9. The lowest BCUT2D eigenvalue weighted by molar-refractivity contribution is 0.411. The highest BCUT2D eigenvalue weighted by molar-refractivity contribution is 9.11. The summed E-state index contributed by atoms with van der Waals surface area (Å²) in [7, 11) is 5.70. The summed E-state index contributed by atoms with van der Waals surface area (Å²) < 4.78 is 9.34. The van der Waals surface area contributed by atoms with Gasteiger partial charge >= 0.3 is 0 Å². The van der Waals surface area contributed by atoms with Crippen LogP contribution in [-0.4, -0.2) is 36.8 Å². The van der Waals surface area contributed by atoms with Crippen LogP contribution in [0.2, 0.25) is 0 Å². The molecule has 4 aromatic rings. The molecule has 152 valence electrons. The van der Waals surface area contributed by atoms with Crippen molar-refractivity contribution in [3.05, 3.63) is 75.3 Å². The lowest BCUT2D eigenvalue weighted by Crippen LogP contribution is -2.07. The van der Waals surface area contributed by atoms with E-state index in [4.69, 9.17) is 14.7 Å². The second-order valence-electron chi connectivity index (χ2n) is 6.92. The van der Waals surface area contributed by atoms with Crippen molar-refractivity contribution < 1.29 is 4.74 Å². The van der Waals surface area contributed by atoms with E-state index in [1.165, 1.54) is 0 Å². The van der Waals surface area contributed by atoms with Crippen LogP contribution >= 0.6 is 31.9 Å². The number of nitrogens with zero attached hydrogens (tertiary/aromatic N) is 4. The Morgan fingerprint density at radius 1 is 1.07 bits per heavy atom. The molecule has 4 rings (SSSR count). The normalized spacial score (nSPS) is 11.4. The molecule has 7 heteroatoms. The fraction of sp³-hybridized carbons (Fsp3) is 0.130. The fourth-order valence-electron chi connectivity index (χ4n) is 3.24. The van der Waals surface area contributed by atoms with Gasteiger partial charge in [0.25, 0.3) is 0 Å². The van der Waals surface area contributed by atoms with Crippen molar-refractivity contribution >= 4 is 55.2 Å². The lowest BCUT2D eigenvalue weighted by Gasteiger charge is -2.12. The van der Waals surface area contributed by atoms with E-state index < -0.39 is 0 Å². The zero-order chi connectivity index (χ0) is 21.3. The van der Waals surface area contributed by atoms with E-state index in [-0.39, 0.29) is 0 Å². The van der Waals surface area contributed by atoms with Crippen molar-refractivity contribution in [3.8, 4) is 17.0 Å². The fourth-order valence-corrected chi connectivity index (χ4v) is 4.66. The third-order valence-corrected chi connectivity index (χ3v) is 5.78. The molecule has 0 saturated carbocycles. The predicted octanol–water partition coefficient (Wildman–Crippen LogP) is 6.35. The van der Waals surface area contributed by atoms with Crippen LogP contribution in [0.1, 0.15) is 5.56 Å². The second-order valence-corrected chi connectivity index (χ2v) is 8.69. The largest absolute Gasteiger partial charge is 0.495 e. The van der Waals surface area contributed by atoms with Gasteiger partial charge in [-0.05, 0) is 52.3 Å². The summed E-state index contributed by atoms with van der Waals surface area (Å²) in [5.74, 6) is 1.49.